The van der Waals surface area contributed by atoms with Crippen LogP contribution < -0.4 is 4.74 Å². The maximum Gasteiger partial charge on any atom is 0.123 e. The van der Waals surface area contributed by atoms with Crippen molar-refractivity contribution in [2.75, 3.05) is 19.7 Å². The van der Waals surface area contributed by atoms with Gasteiger partial charge in [-0.3, -0.25) is 4.90 Å². The number of nitrogens with zero attached hydrogens (tertiary/aromatic N) is 1. The lowest BCUT2D eigenvalue weighted by molar-refractivity contribution is 0.208. The fourth-order valence-electron chi connectivity index (χ4n) is 2.74. The van der Waals surface area contributed by atoms with Crippen LogP contribution >= 0.6 is 0 Å². The van der Waals surface area contributed by atoms with Crippen LogP contribution in [0.5, 0.6) is 11.5 Å². The molecule has 0 spiro atoms. The van der Waals surface area contributed by atoms with Gasteiger partial charge in [-0.05, 0) is 42.6 Å². The highest BCUT2D eigenvalue weighted by Crippen LogP contribution is 2.32. The molecule has 0 unspecified atom stereocenters. The van der Waals surface area contributed by atoms with Gasteiger partial charge in [-0.2, -0.15) is 0 Å². The molecule has 0 aliphatic rings. The zero-order chi connectivity index (χ0) is 17.5. The quantitative estimate of drug-likeness (QED) is 0.761. The van der Waals surface area contributed by atoms with Crippen molar-refractivity contribution < 1.29 is 9.84 Å². The number of rotatable bonds is 8. The first kappa shape index (κ1) is 18.3. The van der Waals surface area contributed by atoms with Crippen molar-refractivity contribution in [3.05, 3.63) is 59.2 Å². The minimum atomic E-state index is 0.318. The molecule has 0 atom stereocenters. The Labute approximate surface area is 145 Å². The maximum atomic E-state index is 9.93. The molecule has 2 aromatic rings. The number of likely N-dealkylation sites (N-methyl/N-ethyl adjacent to an activating group) is 1. The Morgan fingerprint density at radius 3 is 2.46 bits per heavy atom. The lowest BCUT2D eigenvalue weighted by Crippen LogP contribution is -2.28. The van der Waals surface area contributed by atoms with E-state index in [1.165, 1.54) is 5.56 Å². The standard InChI is InChI=1S/C21H29NO2/c1-5-22(15-18-9-7-6-8-10-18)11-12-24-21-13-17(4)20(23)14-19(21)16(2)3/h6-10,13-14,16,23H,5,11-12,15H2,1-4H3. The van der Waals surface area contributed by atoms with Crippen molar-refractivity contribution >= 4 is 0 Å². The topological polar surface area (TPSA) is 32.7 Å². The Hall–Kier alpha value is -2.00. The third-order valence-corrected chi connectivity index (χ3v) is 4.31. The summed E-state index contributed by atoms with van der Waals surface area (Å²) < 4.78 is 6.05. The number of hydrogen-bond donors (Lipinski definition) is 1. The zero-order valence-electron chi connectivity index (χ0n) is 15.2. The largest absolute Gasteiger partial charge is 0.508 e. The highest BCUT2D eigenvalue weighted by Gasteiger charge is 2.12. The van der Waals surface area contributed by atoms with Crippen molar-refractivity contribution in [2.45, 2.75) is 40.2 Å². The minimum absolute atomic E-state index is 0.318. The minimum Gasteiger partial charge on any atom is -0.508 e. The molecule has 0 saturated heterocycles. The molecule has 0 fully saturated rings. The van der Waals surface area contributed by atoms with E-state index in [-0.39, 0.29) is 0 Å². The highest BCUT2D eigenvalue weighted by molar-refractivity contribution is 5.46. The molecule has 24 heavy (non-hydrogen) atoms. The molecule has 0 aliphatic carbocycles. The summed E-state index contributed by atoms with van der Waals surface area (Å²) in [6.45, 7) is 11.8. The maximum absolute atomic E-state index is 9.93. The van der Waals surface area contributed by atoms with Crippen LogP contribution in [-0.4, -0.2) is 29.7 Å². The molecular weight excluding hydrogens is 298 g/mol. The fraction of sp³-hybridized carbons (Fsp3) is 0.429. The first-order valence-electron chi connectivity index (χ1n) is 8.73. The van der Waals surface area contributed by atoms with Gasteiger partial charge in [-0.25, -0.2) is 0 Å². The molecular formula is C21H29NO2. The molecule has 0 amide bonds. The summed E-state index contributed by atoms with van der Waals surface area (Å²) in [5.41, 5.74) is 3.23. The van der Waals surface area contributed by atoms with Crippen molar-refractivity contribution in [1.29, 1.82) is 0 Å². The summed E-state index contributed by atoms with van der Waals surface area (Å²) in [7, 11) is 0. The normalized spacial score (nSPS) is 11.2. The Bertz CT molecular complexity index is 638. The summed E-state index contributed by atoms with van der Waals surface area (Å²) >= 11 is 0. The SMILES string of the molecule is CCN(CCOc1cc(C)c(O)cc1C(C)C)Cc1ccccc1. The molecule has 0 aliphatic heterocycles. The van der Waals surface area contributed by atoms with Crippen LogP contribution in [0.2, 0.25) is 0 Å². The molecule has 2 aromatic carbocycles. The van der Waals surface area contributed by atoms with Crippen LogP contribution in [0.4, 0.5) is 0 Å². The molecule has 0 saturated carbocycles. The van der Waals surface area contributed by atoms with E-state index >= 15 is 0 Å². The summed E-state index contributed by atoms with van der Waals surface area (Å²) in [6, 6.07) is 14.3. The molecule has 2 rings (SSSR count). The first-order valence-corrected chi connectivity index (χ1v) is 8.73. The van der Waals surface area contributed by atoms with Gasteiger partial charge in [0, 0.05) is 18.7 Å². The lowest BCUT2D eigenvalue weighted by Gasteiger charge is -2.22. The van der Waals surface area contributed by atoms with E-state index < -0.39 is 0 Å². The molecule has 3 nitrogen and oxygen atoms in total. The van der Waals surface area contributed by atoms with Gasteiger partial charge in [0.15, 0.2) is 0 Å². The van der Waals surface area contributed by atoms with Gasteiger partial charge in [0.1, 0.15) is 18.1 Å². The van der Waals surface area contributed by atoms with E-state index in [0.717, 1.165) is 36.5 Å². The number of aryl methyl sites for hydroxylation is 1. The molecule has 0 aromatic heterocycles. The van der Waals surface area contributed by atoms with Crippen molar-refractivity contribution in [3.8, 4) is 11.5 Å². The van der Waals surface area contributed by atoms with E-state index in [1.54, 1.807) is 0 Å². The Kier molecular flexibility index (Phi) is 6.68. The number of phenolic OH excluding ortho intramolecular Hbond substituents is 1. The van der Waals surface area contributed by atoms with Gasteiger partial charge in [0.25, 0.3) is 0 Å². The molecule has 0 heterocycles. The molecule has 130 valence electrons. The van der Waals surface area contributed by atoms with Gasteiger partial charge < -0.3 is 9.84 Å². The molecule has 0 radical (unpaired) electrons. The van der Waals surface area contributed by atoms with Crippen LogP contribution in [0.15, 0.2) is 42.5 Å². The lowest BCUT2D eigenvalue weighted by atomic mass is 10.00. The van der Waals surface area contributed by atoms with Gasteiger partial charge in [0.2, 0.25) is 0 Å². The van der Waals surface area contributed by atoms with Crippen LogP contribution in [0, 0.1) is 6.92 Å². The number of benzene rings is 2. The number of phenols is 1. The number of hydrogen-bond acceptors (Lipinski definition) is 3. The van der Waals surface area contributed by atoms with E-state index in [2.05, 4.69) is 49.9 Å². The van der Waals surface area contributed by atoms with Crippen molar-refractivity contribution in [3.63, 3.8) is 0 Å². The summed E-state index contributed by atoms with van der Waals surface area (Å²) in [6.07, 6.45) is 0. The average molecular weight is 327 g/mol. The van der Waals surface area contributed by atoms with Gasteiger partial charge in [0.05, 0.1) is 0 Å². The Morgan fingerprint density at radius 2 is 1.83 bits per heavy atom. The highest BCUT2D eigenvalue weighted by atomic mass is 16.5. The average Bonchev–Trinajstić information content (AvgIpc) is 2.57. The Morgan fingerprint density at radius 1 is 1.12 bits per heavy atom. The van der Waals surface area contributed by atoms with Crippen LogP contribution in [-0.2, 0) is 6.54 Å². The van der Waals surface area contributed by atoms with E-state index in [4.69, 9.17) is 4.74 Å². The number of aromatic hydroxyl groups is 1. The predicted octanol–water partition coefficient (Wildman–Crippen LogP) is 4.72. The van der Waals surface area contributed by atoms with E-state index in [9.17, 15) is 5.11 Å². The van der Waals surface area contributed by atoms with Gasteiger partial charge in [-0.1, -0.05) is 51.1 Å². The smallest absolute Gasteiger partial charge is 0.123 e. The van der Waals surface area contributed by atoms with Crippen LogP contribution in [0.25, 0.3) is 0 Å². The van der Waals surface area contributed by atoms with Gasteiger partial charge in [-0.15, -0.1) is 0 Å². The zero-order valence-corrected chi connectivity index (χ0v) is 15.2. The van der Waals surface area contributed by atoms with E-state index in [0.29, 0.717) is 18.3 Å². The van der Waals surface area contributed by atoms with Crippen LogP contribution in [0.3, 0.4) is 0 Å². The second-order valence-electron chi connectivity index (χ2n) is 6.53. The predicted molar refractivity (Wildman–Crippen MR) is 99.8 cm³/mol. The monoisotopic (exact) mass is 327 g/mol. The summed E-state index contributed by atoms with van der Waals surface area (Å²) in [4.78, 5) is 2.37. The van der Waals surface area contributed by atoms with Crippen molar-refractivity contribution in [1.82, 2.24) is 4.90 Å². The third-order valence-electron chi connectivity index (χ3n) is 4.31. The second kappa shape index (κ2) is 8.74. The van der Waals surface area contributed by atoms with Crippen LogP contribution in [0.1, 0.15) is 43.4 Å². The second-order valence-corrected chi connectivity index (χ2v) is 6.53. The first-order chi connectivity index (χ1) is 11.5. The molecule has 1 N–H and O–H groups in total. The summed E-state index contributed by atoms with van der Waals surface area (Å²) in [5.74, 6) is 1.54. The van der Waals surface area contributed by atoms with Gasteiger partial charge >= 0.3 is 0 Å². The van der Waals surface area contributed by atoms with E-state index in [1.807, 2.05) is 25.1 Å². The van der Waals surface area contributed by atoms with Crippen molar-refractivity contribution in [2.24, 2.45) is 0 Å². The fourth-order valence-corrected chi connectivity index (χ4v) is 2.74. The summed E-state index contributed by atoms with van der Waals surface area (Å²) in [5, 5.41) is 9.93. The molecule has 3 heteroatoms. The Balaban J connectivity index is 1.96. The third kappa shape index (κ3) is 5.00. The molecule has 0 bridgehead atoms. The number of ether oxygens (including phenoxy) is 1.